The predicted octanol–water partition coefficient (Wildman–Crippen LogP) is 16.4. The summed E-state index contributed by atoms with van der Waals surface area (Å²) >= 11 is 12.1. The number of aliphatic hydroxyl groups excluding tert-OH is 1. The number of carbonyl (C=O) groups excluding carboxylic acids is 1. The van der Waals surface area contributed by atoms with E-state index < -0.39 is 24.1 Å². The van der Waals surface area contributed by atoms with E-state index in [0.29, 0.717) is 70.5 Å². The van der Waals surface area contributed by atoms with Crippen molar-refractivity contribution >= 4 is 35.1 Å². The molecule has 436 valence electrons. The molecule has 2 atom stereocenters. The summed E-state index contributed by atoms with van der Waals surface area (Å²) in [5.74, 6) is 4.10. The van der Waals surface area contributed by atoms with Crippen LogP contribution in [0.5, 0.6) is 23.0 Å². The van der Waals surface area contributed by atoms with Crippen LogP contribution in [0.15, 0.2) is 142 Å². The molecule has 0 saturated carbocycles. The number of benzene rings is 6. The molecule has 0 spiro atoms. The number of nitrogens with zero attached hydrogens (tertiary/aromatic N) is 2. The lowest BCUT2D eigenvalue weighted by molar-refractivity contribution is -0.149. The Labute approximate surface area is 493 Å². The van der Waals surface area contributed by atoms with Crippen LogP contribution in [0.2, 0.25) is 10.0 Å². The van der Waals surface area contributed by atoms with Gasteiger partial charge in [0.05, 0.1) is 31.7 Å². The molecule has 0 fully saturated rings. The molecule has 0 aliphatic carbocycles. The Kier molecular flexibility index (Phi) is 26.5. The lowest BCUT2D eigenvalue weighted by Crippen LogP contribution is -2.21. The number of aromatic nitrogens is 2. The third-order valence-corrected chi connectivity index (χ3v) is 13.5. The maximum Gasteiger partial charge on any atom is 0.351 e. The molecule has 13 nitrogen and oxygen atoms in total. The van der Waals surface area contributed by atoms with Crippen LogP contribution in [0.4, 0.5) is 0 Å². The van der Waals surface area contributed by atoms with Crippen molar-refractivity contribution in [2.45, 2.75) is 125 Å². The highest BCUT2D eigenvalue weighted by molar-refractivity contribution is 6.30. The molecule has 0 radical (unpaired) electrons. The van der Waals surface area contributed by atoms with Crippen LogP contribution in [-0.2, 0) is 52.9 Å². The van der Waals surface area contributed by atoms with Crippen molar-refractivity contribution in [3.05, 3.63) is 200 Å². The van der Waals surface area contributed by atoms with Crippen LogP contribution in [0, 0.1) is 13.8 Å². The fraction of sp³-hybridized carbons (Fsp3) is 0.343. The molecule has 82 heavy (non-hydrogen) atoms. The molecule has 0 saturated heterocycles. The zero-order valence-corrected chi connectivity index (χ0v) is 49.1. The van der Waals surface area contributed by atoms with Gasteiger partial charge in [-0.25, -0.2) is 19.6 Å². The minimum Gasteiger partial charge on any atom is -0.493 e. The second kappa shape index (κ2) is 33.4. The van der Waals surface area contributed by atoms with E-state index >= 15 is 0 Å². The maximum absolute atomic E-state index is 12.8. The van der Waals surface area contributed by atoms with Crippen molar-refractivity contribution in [3.63, 3.8) is 0 Å². The van der Waals surface area contributed by atoms with Crippen LogP contribution in [0.25, 0.3) is 22.9 Å². The molecule has 2 heterocycles. The number of carboxylic acids is 1. The largest absolute Gasteiger partial charge is 0.493 e. The number of oxazole rings is 2. The minimum absolute atomic E-state index is 0. The van der Waals surface area contributed by atoms with E-state index in [1.807, 2.05) is 98.8 Å². The van der Waals surface area contributed by atoms with Crippen LogP contribution in [-0.4, -0.2) is 59.6 Å². The lowest BCUT2D eigenvalue weighted by atomic mass is 10.0. The highest BCUT2D eigenvalue weighted by Crippen LogP contribution is 2.38. The van der Waals surface area contributed by atoms with Crippen LogP contribution in [0.3, 0.4) is 0 Å². The van der Waals surface area contributed by atoms with E-state index in [1.165, 1.54) is 7.11 Å². The highest BCUT2D eigenvalue weighted by Gasteiger charge is 2.28. The number of aliphatic hydroxyl groups is 1. The van der Waals surface area contributed by atoms with Crippen LogP contribution in [0.1, 0.15) is 129 Å². The standard InChI is InChI=1S/C33H36ClNO5.C32H34ClNO5.CH4O.CH4/c1-5-10-25-20-28(38-19-18-29-22(3)39-32(35-29)24-12-8-7-9-13-24)21-26(11-6-2)30(25)40-31(33(36)37-4)23-14-16-27(34)17-15-23;1-4-9-24-19-27(37-18-17-28-21(3)38-31(34-28)23-11-7-6-8-12-23)20-25(10-5-2)29(24)39-30(32(35)36)22-13-15-26(33)16-14-22;1-2;/h7-9,12-17,20-21,31H,5-6,10-11,18-19H2,1-4H3;6-8,11-16,19-20,30H,4-5,9-10,17-18H2,1-3H3,(H,35,36);2H,1H3;1H4. The molecule has 0 bridgehead atoms. The molecule has 2 N–H and O–H groups in total. The second-order valence-electron chi connectivity index (χ2n) is 19.1. The van der Waals surface area contributed by atoms with Crippen molar-refractivity contribution in [1.82, 2.24) is 9.97 Å². The molecule has 0 amide bonds. The van der Waals surface area contributed by atoms with Gasteiger partial charge in [0, 0.05) is 52.3 Å². The Morgan fingerprint density at radius 2 is 0.866 bits per heavy atom. The lowest BCUT2D eigenvalue weighted by Gasteiger charge is -2.23. The quantitative estimate of drug-likeness (QED) is 0.0491. The van der Waals surface area contributed by atoms with E-state index in [2.05, 4.69) is 32.7 Å². The van der Waals surface area contributed by atoms with Gasteiger partial charge in [-0.15, -0.1) is 0 Å². The number of esters is 1. The summed E-state index contributed by atoms with van der Waals surface area (Å²) in [6, 6.07) is 41.4. The van der Waals surface area contributed by atoms with Crippen molar-refractivity contribution in [2.75, 3.05) is 27.4 Å². The van der Waals surface area contributed by atoms with Gasteiger partial charge in [-0.05, 0) is 135 Å². The summed E-state index contributed by atoms with van der Waals surface area (Å²) in [5, 5.41) is 18.1. The zero-order chi connectivity index (χ0) is 58.3. The first-order chi connectivity index (χ1) is 39.3. The number of aliphatic carboxylic acids is 1. The predicted molar refractivity (Wildman–Crippen MR) is 325 cm³/mol. The third kappa shape index (κ3) is 18.2. The van der Waals surface area contributed by atoms with Gasteiger partial charge in [-0.3, -0.25) is 0 Å². The third-order valence-electron chi connectivity index (χ3n) is 13.0. The van der Waals surface area contributed by atoms with Gasteiger partial charge in [-0.1, -0.05) is 145 Å². The minimum atomic E-state index is -1.14. The molecular formula is C67H78Cl2N2O11. The monoisotopic (exact) mass is 1160 g/mol. The molecule has 2 unspecified atom stereocenters. The van der Waals surface area contributed by atoms with Crippen LogP contribution >= 0.6 is 23.2 Å². The average molecular weight is 1160 g/mol. The Morgan fingerprint density at radius 3 is 1.20 bits per heavy atom. The SMILES string of the molecule is C.CCCc1cc(OCCc2nc(-c3ccccc3)oc2C)cc(CCC)c1OC(C(=O)O)c1ccc(Cl)cc1.CCCc1cc(OCCc2nc(-c3ccccc3)oc2C)cc(CCC)c1OC(C(=O)OC)c1ccc(Cl)cc1.CO. The smallest absolute Gasteiger partial charge is 0.351 e. The molecule has 2 aromatic heterocycles. The first kappa shape index (κ1) is 65.2. The van der Waals surface area contributed by atoms with Gasteiger partial charge in [0.1, 0.15) is 34.5 Å². The van der Waals surface area contributed by atoms with Gasteiger partial charge in [0.2, 0.25) is 24.0 Å². The number of hydrogen-bond acceptors (Lipinski definition) is 12. The molecule has 6 aromatic carbocycles. The van der Waals surface area contributed by atoms with Crippen molar-refractivity contribution in [3.8, 4) is 45.9 Å². The van der Waals surface area contributed by atoms with E-state index in [-0.39, 0.29) is 7.43 Å². The van der Waals surface area contributed by atoms with E-state index in [9.17, 15) is 14.7 Å². The fourth-order valence-corrected chi connectivity index (χ4v) is 9.38. The summed E-state index contributed by atoms with van der Waals surface area (Å²) in [4.78, 5) is 34.3. The first-order valence-corrected chi connectivity index (χ1v) is 28.3. The van der Waals surface area contributed by atoms with E-state index in [1.54, 1.807) is 48.5 Å². The molecule has 15 heteroatoms. The number of carbonyl (C=O) groups is 2. The summed E-state index contributed by atoms with van der Waals surface area (Å²) in [7, 11) is 2.37. The van der Waals surface area contributed by atoms with Crippen molar-refractivity contribution in [1.29, 1.82) is 0 Å². The second-order valence-corrected chi connectivity index (χ2v) is 19.9. The van der Waals surface area contributed by atoms with Crippen molar-refractivity contribution < 1.29 is 52.3 Å². The Hall–Kier alpha value is -7.58. The van der Waals surface area contributed by atoms with Gasteiger partial charge in [-0.2, -0.15) is 0 Å². The molecule has 0 aliphatic rings. The summed E-state index contributed by atoms with van der Waals surface area (Å²) < 4.78 is 42.0. The first-order valence-electron chi connectivity index (χ1n) is 27.5. The maximum atomic E-state index is 12.8. The zero-order valence-electron chi connectivity index (χ0n) is 47.6. The summed E-state index contributed by atoms with van der Waals surface area (Å²) in [6.07, 6.45) is 5.78. The van der Waals surface area contributed by atoms with Crippen molar-refractivity contribution in [2.24, 2.45) is 0 Å². The summed E-state index contributed by atoms with van der Waals surface area (Å²) in [5.41, 5.74) is 8.71. The van der Waals surface area contributed by atoms with E-state index in [4.69, 9.17) is 65.8 Å². The van der Waals surface area contributed by atoms with Gasteiger partial charge < -0.3 is 42.7 Å². The van der Waals surface area contributed by atoms with Crippen LogP contribution < -0.4 is 18.9 Å². The molecular weight excluding hydrogens is 1080 g/mol. The van der Waals surface area contributed by atoms with Gasteiger partial charge in [0.25, 0.3) is 0 Å². The number of aryl methyl sites for hydroxylation is 6. The number of hydrogen-bond donors (Lipinski definition) is 2. The Bertz CT molecular complexity index is 3160. The number of ether oxygens (including phenoxy) is 5. The summed E-state index contributed by atoms with van der Waals surface area (Å²) in [6.45, 7) is 13.1. The Balaban J connectivity index is 0.000000289. The van der Waals surface area contributed by atoms with Gasteiger partial charge >= 0.3 is 11.9 Å². The Morgan fingerprint density at radius 1 is 0.524 bits per heavy atom. The number of rotatable bonds is 26. The highest BCUT2D eigenvalue weighted by atomic mass is 35.5. The van der Waals surface area contributed by atoms with E-state index in [0.717, 1.165) is 126 Å². The number of carboxylic acid groups (broad SMARTS) is 1. The van der Waals surface area contributed by atoms with Gasteiger partial charge in [0.15, 0.2) is 0 Å². The molecule has 8 rings (SSSR count). The fourth-order valence-electron chi connectivity index (χ4n) is 9.13. The molecule has 8 aromatic rings. The number of halogens is 2. The topological polar surface area (TPSA) is 173 Å². The molecule has 0 aliphatic heterocycles. The normalized spacial score (nSPS) is 11.4. The number of methoxy groups -OCH3 is 1. The average Bonchev–Trinajstić information content (AvgIpc) is 4.05.